The van der Waals surface area contributed by atoms with Crippen LogP contribution in [0.4, 0.5) is 0 Å². The van der Waals surface area contributed by atoms with E-state index in [-0.39, 0.29) is 11.5 Å². The smallest absolute Gasteiger partial charge is 0.178 e. The normalized spacial score (nSPS) is 11.3. The SMILES string of the molecule is Cc1cc(-c2nc(-c3ccc(-c4ccc(C(O)O)cc4)cc3)nc(-c3cc(C)c(-c4ccc(O)cn4)cc3C)n2)c(C)cc1-c1ccc(O)cn1. The lowest BCUT2D eigenvalue weighted by Gasteiger charge is -2.15. The van der Waals surface area contributed by atoms with Crippen LogP contribution in [0.5, 0.6) is 11.5 Å². The van der Waals surface area contributed by atoms with Crippen molar-refractivity contribution in [3.63, 3.8) is 0 Å². The van der Waals surface area contributed by atoms with Crippen molar-refractivity contribution in [3.8, 4) is 79.3 Å². The molecule has 0 aliphatic carbocycles. The highest BCUT2D eigenvalue weighted by molar-refractivity contribution is 5.77. The summed E-state index contributed by atoms with van der Waals surface area (Å²) >= 11 is 0. The topological polar surface area (TPSA) is 145 Å². The van der Waals surface area contributed by atoms with Gasteiger partial charge in [-0.1, -0.05) is 48.5 Å². The van der Waals surface area contributed by atoms with E-state index in [1.165, 1.54) is 12.4 Å². The molecule has 7 aromatic rings. The van der Waals surface area contributed by atoms with E-state index in [2.05, 4.69) is 34.2 Å². The minimum Gasteiger partial charge on any atom is -0.506 e. The minimum atomic E-state index is -1.52. The molecule has 0 saturated heterocycles. The van der Waals surface area contributed by atoms with E-state index in [1.807, 2.05) is 64.1 Å². The summed E-state index contributed by atoms with van der Waals surface area (Å²) < 4.78 is 0. The van der Waals surface area contributed by atoms with Gasteiger partial charge in [-0.25, -0.2) is 15.0 Å². The van der Waals surface area contributed by atoms with Crippen molar-refractivity contribution in [2.75, 3.05) is 0 Å². The Balaban J connectivity index is 1.34. The average Bonchev–Trinajstić information content (AvgIpc) is 3.14. The maximum absolute atomic E-state index is 9.77. The van der Waals surface area contributed by atoms with Crippen molar-refractivity contribution in [1.29, 1.82) is 0 Å². The third-order valence-electron chi connectivity index (χ3n) is 8.99. The number of hydrogen-bond donors (Lipinski definition) is 4. The molecule has 0 amide bonds. The molecular formula is C42H35N5O4. The van der Waals surface area contributed by atoms with Crippen LogP contribution < -0.4 is 0 Å². The summed E-state index contributed by atoms with van der Waals surface area (Å²) in [6.07, 6.45) is 1.36. The molecule has 0 spiro atoms. The third-order valence-corrected chi connectivity index (χ3v) is 8.99. The van der Waals surface area contributed by atoms with Crippen LogP contribution in [-0.4, -0.2) is 45.3 Å². The number of aromatic nitrogens is 5. The van der Waals surface area contributed by atoms with Gasteiger partial charge in [0.15, 0.2) is 23.8 Å². The van der Waals surface area contributed by atoms with Crippen LogP contribution in [0.25, 0.3) is 67.8 Å². The van der Waals surface area contributed by atoms with Gasteiger partial charge in [-0.3, -0.25) is 9.97 Å². The molecule has 0 bridgehead atoms. The highest BCUT2D eigenvalue weighted by atomic mass is 16.5. The second-order valence-electron chi connectivity index (χ2n) is 12.6. The minimum absolute atomic E-state index is 0.111. The zero-order chi connectivity index (χ0) is 35.8. The molecule has 9 heteroatoms. The van der Waals surface area contributed by atoms with Gasteiger partial charge in [-0.15, -0.1) is 0 Å². The Kier molecular flexibility index (Phi) is 8.83. The Morgan fingerprint density at radius 3 is 1.22 bits per heavy atom. The van der Waals surface area contributed by atoms with Gasteiger partial charge in [-0.05, 0) is 110 Å². The van der Waals surface area contributed by atoms with E-state index >= 15 is 0 Å². The van der Waals surface area contributed by atoms with Gasteiger partial charge in [0.05, 0.1) is 23.8 Å². The molecule has 9 nitrogen and oxygen atoms in total. The number of rotatable bonds is 7. The summed E-state index contributed by atoms with van der Waals surface area (Å²) in [5.74, 6) is 1.80. The lowest BCUT2D eigenvalue weighted by Crippen LogP contribution is -2.03. The van der Waals surface area contributed by atoms with Crippen molar-refractivity contribution in [2.24, 2.45) is 0 Å². The van der Waals surface area contributed by atoms with Crippen LogP contribution in [0.15, 0.2) is 109 Å². The molecule has 0 unspecified atom stereocenters. The lowest BCUT2D eigenvalue weighted by molar-refractivity contribution is -0.0424. The molecule has 252 valence electrons. The molecule has 3 aromatic heterocycles. The zero-order valence-corrected chi connectivity index (χ0v) is 28.5. The van der Waals surface area contributed by atoms with Crippen molar-refractivity contribution < 1.29 is 20.4 Å². The van der Waals surface area contributed by atoms with E-state index in [1.54, 1.807) is 36.4 Å². The van der Waals surface area contributed by atoms with Crippen molar-refractivity contribution >= 4 is 0 Å². The van der Waals surface area contributed by atoms with Gasteiger partial charge >= 0.3 is 0 Å². The molecule has 51 heavy (non-hydrogen) atoms. The molecule has 4 aromatic carbocycles. The molecule has 0 atom stereocenters. The van der Waals surface area contributed by atoms with Gasteiger partial charge in [0, 0.05) is 33.4 Å². The highest BCUT2D eigenvalue weighted by Gasteiger charge is 2.19. The van der Waals surface area contributed by atoms with E-state index in [4.69, 9.17) is 15.0 Å². The Bertz CT molecular complexity index is 2250. The molecule has 0 radical (unpaired) electrons. The highest BCUT2D eigenvalue weighted by Crippen LogP contribution is 2.35. The second-order valence-corrected chi connectivity index (χ2v) is 12.6. The maximum atomic E-state index is 9.77. The largest absolute Gasteiger partial charge is 0.506 e. The first-order valence-corrected chi connectivity index (χ1v) is 16.4. The number of hydrogen-bond acceptors (Lipinski definition) is 9. The van der Waals surface area contributed by atoms with Crippen LogP contribution in [0.2, 0.25) is 0 Å². The van der Waals surface area contributed by atoms with Crippen LogP contribution in [0, 0.1) is 27.7 Å². The van der Waals surface area contributed by atoms with Gasteiger partial charge in [0.2, 0.25) is 0 Å². The molecule has 0 fully saturated rings. The van der Waals surface area contributed by atoms with Crippen LogP contribution in [0.1, 0.15) is 34.1 Å². The van der Waals surface area contributed by atoms with Crippen LogP contribution in [0.3, 0.4) is 0 Å². The molecule has 0 saturated carbocycles. The van der Waals surface area contributed by atoms with Gasteiger partial charge in [0.25, 0.3) is 0 Å². The van der Waals surface area contributed by atoms with Crippen LogP contribution in [-0.2, 0) is 0 Å². The number of pyridine rings is 2. The molecule has 3 heterocycles. The standard InChI is InChI=1S/C42H35N5O4/c1-23-19-35(25(3)17-33(23)37-15-13-31(48)21-43-37)40-45-39(29-9-5-27(6-10-29)28-7-11-30(12-8-28)42(50)51)46-41(47-40)36-20-24(2)34(18-26(36)4)38-16-14-32(49)22-44-38/h5-22,42,48-51H,1-4H3. The number of benzene rings is 4. The number of aliphatic hydroxyl groups excluding tert-OH is 1. The fraction of sp³-hybridized carbons (Fsp3) is 0.119. The van der Waals surface area contributed by atoms with Crippen molar-refractivity contribution in [3.05, 3.63) is 137 Å². The second kappa shape index (κ2) is 13.5. The summed E-state index contributed by atoms with van der Waals surface area (Å²) in [7, 11) is 0. The lowest BCUT2D eigenvalue weighted by atomic mass is 9.96. The molecule has 0 aliphatic heterocycles. The van der Waals surface area contributed by atoms with E-state index in [0.717, 1.165) is 72.6 Å². The predicted octanol–water partition coefficient (Wildman–Crippen LogP) is 8.29. The summed E-state index contributed by atoms with van der Waals surface area (Å²) in [5.41, 5.74) is 12.2. The summed E-state index contributed by atoms with van der Waals surface area (Å²) in [4.78, 5) is 23.9. The van der Waals surface area contributed by atoms with Gasteiger partial charge < -0.3 is 20.4 Å². The number of aliphatic hydroxyl groups is 2. The molecule has 4 N–H and O–H groups in total. The molecular weight excluding hydrogens is 638 g/mol. The first kappa shape index (κ1) is 33.2. The molecule has 0 aliphatic rings. The Labute approximate surface area is 295 Å². The van der Waals surface area contributed by atoms with E-state index in [9.17, 15) is 20.4 Å². The maximum Gasteiger partial charge on any atom is 0.178 e. The van der Waals surface area contributed by atoms with Crippen molar-refractivity contribution in [1.82, 2.24) is 24.9 Å². The summed E-state index contributed by atoms with van der Waals surface area (Å²) in [5, 5.41) is 38.5. The monoisotopic (exact) mass is 673 g/mol. The molecule has 7 rings (SSSR count). The van der Waals surface area contributed by atoms with Crippen molar-refractivity contribution in [2.45, 2.75) is 34.0 Å². The third kappa shape index (κ3) is 6.81. The Morgan fingerprint density at radius 1 is 0.431 bits per heavy atom. The average molecular weight is 674 g/mol. The summed E-state index contributed by atoms with van der Waals surface area (Å²) in [6.45, 7) is 8.08. The van der Waals surface area contributed by atoms with E-state index in [0.29, 0.717) is 23.0 Å². The quantitative estimate of drug-likeness (QED) is 0.123. The Morgan fingerprint density at radius 2 is 0.804 bits per heavy atom. The van der Waals surface area contributed by atoms with Crippen LogP contribution >= 0.6 is 0 Å². The fourth-order valence-electron chi connectivity index (χ4n) is 6.16. The zero-order valence-electron chi connectivity index (χ0n) is 28.5. The first-order valence-electron chi connectivity index (χ1n) is 16.4. The number of aryl methyl sites for hydroxylation is 4. The van der Waals surface area contributed by atoms with Gasteiger partial charge in [0.1, 0.15) is 11.5 Å². The first-order chi connectivity index (χ1) is 24.5. The fourth-order valence-corrected chi connectivity index (χ4v) is 6.16. The predicted molar refractivity (Wildman–Crippen MR) is 197 cm³/mol. The number of nitrogens with zero attached hydrogens (tertiary/aromatic N) is 5. The van der Waals surface area contributed by atoms with E-state index < -0.39 is 6.29 Å². The summed E-state index contributed by atoms with van der Waals surface area (Å²) in [6, 6.07) is 30.1. The van der Waals surface area contributed by atoms with Gasteiger partial charge in [-0.2, -0.15) is 0 Å². The number of aromatic hydroxyl groups is 2. The Hall–Kier alpha value is -6.29.